The Balaban J connectivity index is 2.15. The minimum absolute atomic E-state index is 0.00908. The predicted octanol–water partition coefficient (Wildman–Crippen LogP) is 2.64. The van der Waals surface area contributed by atoms with Gasteiger partial charge in [-0.05, 0) is 17.5 Å². The fraction of sp³-hybridized carbons (Fsp3) is 0.632. The molecule has 6 heteroatoms. The standard InChI is InChI=1S/C19H29N3O3/c1-12(2)16(21-18(24)25-6)17(23)22-10-9-14-13(11-22)7-8-15(20-14)19(3,4)5/h7-8,12,16H,9-11H2,1-6H3,(H,21,24). The van der Waals surface area contributed by atoms with Gasteiger partial charge in [-0.3, -0.25) is 9.78 Å². The molecule has 1 N–H and O–H groups in total. The SMILES string of the molecule is COC(=O)NC(C(=O)N1CCc2nc(C(C)(C)C)ccc2C1)C(C)C. The van der Waals surface area contributed by atoms with Crippen molar-refractivity contribution in [2.45, 2.75) is 59.0 Å². The molecule has 0 aliphatic carbocycles. The molecule has 2 amide bonds. The molecule has 0 saturated carbocycles. The van der Waals surface area contributed by atoms with Crippen LogP contribution in [0, 0.1) is 5.92 Å². The van der Waals surface area contributed by atoms with Crippen LogP contribution in [0.15, 0.2) is 12.1 Å². The fourth-order valence-electron chi connectivity index (χ4n) is 2.92. The van der Waals surface area contributed by atoms with Gasteiger partial charge in [-0.2, -0.15) is 0 Å². The van der Waals surface area contributed by atoms with Crippen LogP contribution in [0.2, 0.25) is 0 Å². The number of amides is 2. The maximum Gasteiger partial charge on any atom is 0.407 e. The topological polar surface area (TPSA) is 71.5 Å². The van der Waals surface area contributed by atoms with E-state index in [0.717, 1.165) is 23.4 Å². The summed E-state index contributed by atoms with van der Waals surface area (Å²) in [6.07, 6.45) is 0.148. The molecule has 1 unspecified atom stereocenters. The van der Waals surface area contributed by atoms with E-state index in [1.54, 1.807) is 4.90 Å². The third-order valence-corrected chi connectivity index (χ3v) is 4.52. The first kappa shape index (κ1) is 19.2. The van der Waals surface area contributed by atoms with Crippen LogP contribution < -0.4 is 5.32 Å². The highest BCUT2D eigenvalue weighted by atomic mass is 16.5. The lowest BCUT2D eigenvalue weighted by molar-refractivity contribution is -0.135. The number of nitrogens with zero attached hydrogens (tertiary/aromatic N) is 2. The Morgan fingerprint density at radius 3 is 2.52 bits per heavy atom. The van der Waals surface area contributed by atoms with Gasteiger partial charge in [0.05, 0.1) is 7.11 Å². The summed E-state index contributed by atoms with van der Waals surface area (Å²) in [6.45, 7) is 11.4. The Bertz CT molecular complexity index is 650. The molecule has 0 spiro atoms. The van der Waals surface area contributed by atoms with E-state index in [4.69, 9.17) is 4.98 Å². The molecule has 0 radical (unpaired) electrons. The van der Waals surface area contributed by atoms with E-state index in [2.05, 4.69) is 36.9 Å². The van der Waals surface area contributed by atoms with Crippen LogP contribution in [0.25, 0.3) is 0 Å². The van der Waals surface area contributed by atoms with Crippen LogP contribution >= 0.6 is 0 Å². The first-order valence-electron chi connectivity index (χ1n) is 8.76. The van der Waals surface area contributed by atoms with Crippen LogP contribution in [-0.2, 0) is 27.9 Å². The van der Waals surface area contributed by atoms with Gasteiger partial charge < -0.3 is 15.0 Å². The molecule has 0 fully saturated rings. The highest BCUT2D eigenvalue weighted by Gasteiger charge is 2.31. The largest absolute Gasteiger partial charge is 0.453 e. The van der Waals surface area contributed by atoms with E-state index < -0.39 is 12.1 Å². The average molecular weight is 347 g/mol. The Labute approximate surface area is 150 Å². The second-order valence-corrected chi connectivity index (χ2v) is 7.92. The van der Waals surface area contributed by atoms with Crippen molar-refractivity contribution in [1.82, 2.24) is 15.2 Å². The van der Waals surface area contributed by atoms with E-state index in [9.17, 15) is 9.59 Å². The fourth-order valence-corrected chi connectivity index (χ4v) is 2.92. The number of methoxy groups -OCH3 is 1. The summed E-state index contributed by atoms with van der Waals surface area (Å²) in [5, 5.41) is 2.65. The highest BCUT2D eigenvalue weighted by Crippen LogP contribution is 2.25. The molecule has 0 bridgehead atoms. The van der Waals surface area contributed by atoms with Crippen LogP contribution in [0.4, 0.5) is 4.79 Å². The van der Waals surface area contributed by atoms with Crippen molar-refractivity contribution in [1.29, 1.82) is 0 Å². The number of carbonyl (C=O) groups is 2. The third kappa shape index (κ3) is 4.50. The molecule has 1 atom stereocenters. The number of aromatic nitrogens is 1. The molecule has 1 aliphatic heterocycles. The van der Waals surface area contributed by atoms with Crippen LogP contribution in [-0.4, -0.2) is 41.6 Å². The molecule has 1 aromatic heterocycles. The quantitative estimate of drug-likeness (QED) is 0.912. The minimum Gasteiger partial charge on any atom is -0.453 e. The molecule has 25 heavy (non-hydrogen) atoms. The molecular formula is C19H29N3O3. The van der Waals surface area contributed by atoms with E-state index in [-0.39, 0.29) is 17.2 Å². The van der Waals surface area contributed by atoms with Crippen molar-refractivity contribution in [2.24, 2.45) is 5.92 Å². The van der Waals surface area contributed by atoms with Crippen molar-refractivity contribution < 1.29 is 14.3 Å². The summed E-state index contributed by atoms with van der Waals surface area (Å²) in [5.74, 6) is -0.0969. The molecule has 1 aromatic rings. The summed E-state index contributed by atoms with van der Waals surface area (Å²) in [7, 11) is 1.30. The lowest BCUT2D eigenvalue weighted by atomic mass is 9.90. The van der Waals surface area contributed by atoms with Crippen LogP contribution in [0.1, 0.15) is 51.6 Å². The molecule has 6 nitrogen and oxygen atoms in total. The van der Waals surface area contributed by atoms with Gasteiger partial charge in [0.2, 0.25) is 5.91 Å². The van der Waals surface area contributed by atoms with Crippen LogP contribution in [0.5, 0.6) is 0 Å². The number of rotatable bonds is 3. The van der Waals surface area contributed by atoms with Gasteiger partial charge in [-0.15, -0.1) is 0 Å². The number of hydrogen-bond donors (Lipinski definition) is 1. The zero-order chi connectivity index (χ0) is 18.8. The Morgan fingerprint density at radius 1 is 1.28 bits per heavy atom. The van der Waals surface area contributed by atoms with Crippen molar-refractivity contribution in [3.05, 3.63) is 29.1 Å². The molecule has 0 aromatic carbocycles. The number of nitrogens with one attached hydrogen (secondary N) is 1. The second-order valence-electron chi connectivity index (χ2n) is 7.92. The van der Waals surface area contributed by atoms with Crippen molar-refractivity contribution in [2.75, 3.05) is 13.7 Å². The molecular weight excluding hydrogens is 318 g/mol. The molecule has 138 valence electrons. The smallest absolute Gasteiger partial charge is 0.407 e. The number of alkyl carbamates (subject to hydrolysis) is 1. The molecule has 2 heterocycles. The zero-order valence-corrected chi connectivity index (χ0v) is 16.0. The summed E-state index contributed by atoms with van der Waals surface area (Å²) in [5.41, 5.74) is 3.22. The zero-order valence-electron chi connectivity index (χ0n) is 16.0. The normalized spacial score (nSPS) is 15.6. The van der Waals surface area contributed by atoms with Crippen LogP contribution in [0.3, 0.4) is 0 Å². The number of fused-ring (bicyclic) bond motifs is 1. The Hall–Kier alpha value is -2.11. The summed E-state index contributed by atoms with van der Waals surface area (Å²) < 4.78 is 4.64. The summed E-state index contributed by atoms with van der Waals surface area (Å²) >= 11 is 0. The van der Waals surface area contributed by atoms with E-state index in [1.807, 2.05) is 19.9 Å². The molecule has 1 aliphatic rings. The monoisotopic (exact) mass is 347 g/mol. The maximum absolute atomic E-state index is 12.9. The van der Waals surface area contributed by atoms with Gasteiger partial charge in [0.25, 0.3) is 0 Å². The van der Waals surface area contributed by atoms with Crippen molar-refractivity contribution in [3.8, 4) is 0 Å². The minimum atomic E-state index is -0.587. The van der Waals surface area contributed by atoms with Gasteiger partial charge in [0.1, 0.15) is 6.04 Å². The first-order valence-corrected chi connectivity index (χ1v) is 8.76. The Kier molecular flexibility index (Phi) is 5.70. The van der Waals surface area contributed by atoms with Gasteiger partial charge in [-0.1, -0.05) is 40.7 Å². The number of carbonyl (C=O) groups excluding carboxylic acids is 2. The molecule has 2 rings (SSSR count). The third-order valence-electron chi connectivity index (χ3n) is 4.52. The Morgan fingerprint density at radius 2 is 1.96 bits per heavy atom. The molecule has 0 saturated heterocycles. The first-order chi connectivity index (χ1) is 11.6. The van der Waals surface area contributed by atoms with Gasteiger partial charge in [0.15, 0.2) is 0 Å². The second kappa shape index (κ2) is 7.42. The van der Waals surface area contributed by atoms with E-state index in [0.29, 0.717) is 13.1 Å². The van der Waals surface area contributed by atoms with Crippen molar-refractivity contribution in [3.63, 3.8) is 0 Å². The van der Waals surface area contributed by atoms with E-state index >= 15 is 0 Å². The predicted molar refractivity (Wildman–Crippen MR) is 96.2 cm³/mol. The summed E-state index contributed by atoms with van der Waals surface area (Å²) in [6, 6.07) is 3.52. The highest BCUT2D eigenvalue weighted by molar-refractivity contribution is 5.86. The summed E-state index contributed by atoms with van der Waals surface area (Å²) in [4.78, 5) is 31.0. The van der Waals surface area contributed by atoms with Gasteiger partial charge >= 0.3 is 6.09 Å². The van der Waals surface area contributed by atoms with Crippen molar-refractivity contribution >= 4 is 12.0 Å². The number of ether oxygens (including phenoxy) is 1. The lowest BCUT2D eigenvalue weighted by Gasteiger charge is -2.33. The number of hydrogen-bond acceptors (Lipinski definition) is 4. The van der Waals surface area contributed by atoms with Gasteiger partial charge in [0, 0.05) is 36.3 Å². The maximum atomic E-state index is 12.9. The lowest BCUT2D eigenvalue weighted by Crippen LogP contribution is -2.52. The number of pyridine rings is 1. The van der Waals surface area contributed by atoms with E-state index in [1.165, 1.54) is 7.11 Å². The average Bonchev–Trinajstić information content (AvgIpc) is 2.56. The van der Waals surface area contributed by atoms with Gasteiger partial charge in [-0.25, -0.2) is 4.79 Å².